The van der Waals surface area contributed by atoms with E-state index in [1.165, 1.54) is 5.56 Å². The van der Waals surface area contributed by atoms with Gasteiger partial charge >= 0.3 is 6.09 Å². The minimum Gasteiger partial charge on any atom is -0.486 e. The number of nitrogens with zero attached hydrogens (tertiary/aromatic N) is 3. The normalized spacial score (nSPS) is 17.3. The Labute approximate surface area is 192 Å². The van der Waals surface area contributed by atoms with Gasteiger partial charge in [0, 0.05) is 18.3 Å². The van der Waals surface area contributed by atoms with Crippen molar-refractivity contribution in [2.75, 3.05) is 31.8 Å². The first-order chi connectivity index (χ1) is 16.2. The zero-order chi connectivity index (χ0) is 22.6. The molecule has 8 nitrogen and oxygen atoms in total. The number of hydrogen-bond acceptors (Lipinski definition) is 7. The van der Waals surface area contributed by atoms with Crippen molar-refractivity contribution in [2.24, 2.45) is 0 Å². The van der Waals surface area contributed by atoms with E-state index in [1.54, 1.807) is 12.0 Å². The van der Waals surface area contributed by atoms with E-state index in [4.69, 9.17) is 18.9 Å². The number of aromatic nitrogens is 2. The van der Waals surface area contributed by atoms with Crippen LogP contribution in [0.3, 0.4) is 0 Å². The van der Waals surface area contributed by atoms with Crippen molar-refractivity contribution in [1.82, 2.24) is 9.97 Å². The molecule has 0 bridgehead atoms. The summed E-state index contributed by atoms with van der Waals surface area (Å²) in [4.78, 5) is 23.0. The highest BCUT2D eigenvalue weighted by Crippen LogP contribution is 2.35. The molecule has 1 amide bonds. The number of aryl methyl sites for hydroxylation is 1. The minimum absolute atomic E-state index is 0.0987. The van der Waals surface area contributed by atoms with Gasteiger partial charge in [-0.2, -0.15) is 0 Å². The number of amides is 1. The van der Waals surface area contributed by atoms with Crippen molar-refractivity contribution in [3.8, 4) is 17.4 Å². The fourth-order valence-corrected chi connectivity index (χ4v) is 4.32. The summed E-state index contributed by atoms with van der Waals surface area (Å²) in [6, 6.07) is 11.4. The molecule has 1 fully saturated rings. The molecule has 3 aromatic rings. The van der Waals surface area contributed by atoms with Crippen LogP contribution in [-0.4, -0.2) is 49.0 Å². The predicted octanol–water partition coefficient (Wildman–Crippen LogP) is 4.54. The number of rotatable bonds is 8. The van der Waals surface area contributed by atoms with Crippen LogP contribution in [0.5, 0.6) is 17.4 Å². The summed E-state index contributed by atoms with van der Waals surface area (Å²) in [6.07, 6.45) is 6.26. The molecule has 1 aromatic carbocycles. The highest BCUT2D eigenvalue weighted by Gasteiger charge is 2.32. The smallest absolute Gasteiger partial charge is 0.414 e. The largest absolute Gasteiger partial charge is 0.486 e. The Hall–Kier alpha value is -3.55. The molecule has 0 saturated carbocycles. The van der Waals surface area contributed by atoms with Gasteiger partial charge in [0.1, 0.15) is 19.3 Å². The Balaban J connectivity index is 1.11. The van der Waals surface area contributed by atoms with E-state index < -0.39 is 0 Å². The van der Waals surface area contributed by atoms with E-state index >= 15 is 0 Å². The molecule has 0 N–H and O–H groups in total. The summed E-state index contributed by atoms with van der Waals surface area (Å²) in [5.41, 5.74) is 3.73. The van der Waals surface area contributed by atoms with Crippen LogP contribution in [0.15, 0.2) is 42.6 Å². The van der Waals surface area contributed by atoms with Crippen LogP contribution in [0.2, 0.25) is 0 Å². The molecular weight excluding hydrogens is 422 g/mol. The number of fused-ring (bicyclic) bond motifs is 2. The van der Waals surface area contributed by atoms with Crippen LogP contribution in [0.1, 0.15) is 31.2 Å². The number of unbranched alkanes of at least 4 members (excludes halogenated alkanes) is 2. The fourth-order valence-electron chi connectivity index (χ4n) is 4.32. The molecule has 1 saturated heterocycles. The predicted molar refractivity (Wildman–Crippen MR) is 123 cm³/mol. The summed E-state index contributed by atoms with van der Waals surface area (Å²) in [6.45, 7) is 1.61. The molecular formula is C25H27N3O5. The third kappa shape index (κ3) is 4.65. The number of benzene rings is 1. The third-order valence-electron chi connectivity index (χ3n) is 6.03. The summed E-state index contributed by atoms with van der Waals surface area (Å²) < 4.78 is 22.1. The van der Waals surface area contributed by atoms with Crippen molar-refractivity contribution in [3.05, 3.63) is 48.2 Å². The lowest BCUT2D eigenvalue weighted by atomic mass is 10.0. The summed E-state index contributed by atoms with van der Waals surface area (Å²) >= 11 is 0. The van der Waals surface area contributed by atoms with Crippen molar-refractivity contribution in [1.29, 1.82) is 0 Å². The minimum atomic E-state index is -0.306. The molecule has 0 spiro atoms. The van der Waals surface area contributed by atoms with E-state index in [-0.39, 0.29) is 12.2 Å². The monoisotopic (exact) mass is 449 g/mol. The van der Waals surface area contributed by atoms with Crippen LogP contribution in [0.25, 0.3) is 11.0 Å². The molecule has 2 aliphatic rings. The third-order valence-corrected chi connectivity index (χ3v) is 6.03. The zero-order valence-electron chi connectivity index (χ0n) is 18.7. The number of carbonyl (C=O) groups is 1. The molecule has 1 atom stereocenters. The number of hydrogen-bond donors (Lipinski definition) is 0. The molecule has 8 heteroatoms. The van der Waals surface area contributed by atoms with Crippen LogP contribution in [0.4, 0.5) is 10.5 Å². The molecule has 172 valence electrons. The van der Waals surface area contributed by atoms with Crippen molar-refractivity contribution >= 4 is 22.8 Å². The van der Waals surface area contributed by atoms with E-state index in [0.29, 0.717) is 37.1 Å². The van der Waals surface area contributed by atoms with Gasteiger partial charge in [-0.05, 0) is 55.5 Å². The van der Waals surface area contributed by atoms with Crippen molar-refractivity contribution in [3.63, 3.8) is 0 Å². The van der Waals surface area contributed by atoms with Gasteiger partial charge in [0.05, 0.1) is 30.4 Å². The second-order valence-electron chi connectivity index (χ2n) is 8.24. The maximum absolute atomic E-state index is 12.4. The Kier molecular flexibility index (Phi) is 6.15. The maximum atomic E-state index is 12.4. The average Bonchev–Trinajstić information content (AvgIpc) is 3.23. The Morgan fingerprint density at radius 2 is 1.94 bits per heavy atom. The molecule has 4 heterocycles. The molecule has 2 aliphatic heterocycles. The Morgan fingerprint density at radius 1 is 1.06 bits per heavy atom. The van der Waals surface area contributed by atoms with E-state index in [9.17, 15) is 4.79 Å². The summed E-state index contributed by atoms with van der Waals surface area (Å²) in [5.74, 6) is 1.98. The second-order valence-corrected chi connectivity index (χ2v) is 8.24. The van der Waals surface area contributed by atoms with Gasteiger partial charge in [-0.25, -0.2) is 9.78 Å². The van der Waals surface area contributed by atoms with Gasteiger partial charge in [-0.15, -0.1) is 0 Å². The number of anilines is 1. The second kappa shape index (κ2) is 9.52. The zero-order valence-corrected chi connectivity index (χ0v) is 18.7. The van der Waals surface area contributed by atoms with Crippen molar-refractivity contribution in [2.45, 2.75) is 38.2 Å². The van der Waals surface area contributed by atoms with Gasteiger partial charge in [0.15, 0.2) is 11.5 Å². The SMILES string of the molecule is COc1ccc2nccc(CCCCCC3CN(c4ccc5c(c4)OCCO5)C(=O)O3)c2n1. The van der Waals surface area contributed by atoms with Crippen LogP contribution in [-0.2, 0) is 11.2 Å². The first kappa shape index (κ1) is 21.3. The van der Waals surface area contributed by atoms with Crippen molar-refractivity contribution < 1.29 is 23.7 Å². The molecule has 0 radical (unpaired) electrons. The lowest BCUT2D eigenvalue weighted by Crippen LogP contribution is -2.25. The number of pyridine rings is 2. The fraction of sp³-hybridized carbons (Fsp3) is 0.400. The van der Waals surface area contributed by atoms with Gasteiger partial charge in [0.25, 0.3) is 0 Å². The highest BCUT2D eigenvalue weighted by molar-refractivity contribution is 5.90. The number of methoxy groups -OCH3 is 1. The lowest BCUT2D eigenvalue weighted by Gasteiger charge is -2.21. The highest BCUT2D eigenvalue weighted by atomic mass is 16.6. The van der Waals surface area contributed by atoms with E-state index in [1.807, 2.05) is 42.6 Å². The van der Waals surface area contributed by atoms with E-state index in [2.05, 4.69) is 9.97 Å². The number of cyclic esters (lactones) is 1. The standard InChI is InChI=1S/C25H27N3O5/c1-30-23-10-8-20-24(27-23)17(11-12-26-20)5-3-2-4-6-19-16-28(25(29)33-19)18-7-9-21-22(15-18)32-14-13-31-21/h7-12,15,19H,2-6,13-14,16H2,1H3. The molecule has 33 heavy (non-hydrogen) atoms. The van der Waals surface area contributed by atoms with Crippen LogP contribution < -0.4 is 19.1 Å². The van der Waals surface area contributed by atoms with Gasteiger partial charge in [-0.3, -0.25) is 9.88 Å². The van der Waals surface area contributed by atoms with Gasteiger partial charge in [-0.1, -0.05) is 6.42 Å². The topological polar surface area (TPSA) is 83.0 Å². The first-order valence-corrected chi connectivity index (χ1v) is 11.4. The van der Waals surface area contributed by atoms with Gasteiger partial charge < -0.3 is 18.9 Å². The molecule has 2 aromatic heterocycles. The average molecular weight is 450 g/mol. The number of carbonyl (C=O) groups excluding carboxylic acids is 1. The van der Waals surface area contributed by atoms with Gasteiger partial charge in [0.2, 0.25) is 5.88 Å². The molecule has 1 unspecified atom stereocenters. The van der Waals surface area contributed by atoms with Crippen LogP contribution >= 0.6 is 0 Å². The Morgan fingerprint density at radius 3 is 2.82 bits per heavy atom. The number of ether oxygens (including phenoxy) is 4. The summed E-state index contributed by atoms with van der Waals surface area (Å²) in [7, 11) is 1.62. The first-order valence-electron chi connectivity index (χ1n) is 11.4. The summed E-state index contributed by atoms with van der Waals surface area (Å²) in [5, 5.41) is 0. The maximum Gasteiger partial charge on any atom is 0.414 e. The molecule has 0 aliphatic carbocycles. The lowest BCUT2D eigenvalue weighted by molar-refractivity contribution is 0.135. The van der Waals surface area contributed by atoms with Crippen LogP contribution in [0, 0.1) is 0 Å². The molecule has 5 rings (SSSR count). The quantitative estimate of drug-likeness (QED) is 0.467. The Bertz CT molecular complexity index is 1150. The van der Waals surface area contributed by atoms with E-state index in [0.717, 1.165) is 48.8 Å².